The van der Waals surface area contributed by atoms with E-state index in [4.69, 9.17) is 0 Å². The van der Waals surface area contributed by atoms with E-state index in [-0.39, 0.29) is 36.8 Å². The van der Waals surface area contributed by atoms with E-state index in [9.17, 15) is 4.79 Å². The fourth-order valence-electron chi connectivity index (χ4n) is 3.50. The molecule has 2 aromatic heterocycles. The second-order valence-electron chi connectivity index (χ2n) is 6.33. The fraction of sp³-hybridized carbons (Fsp3) is 0.316. The van der Waals surface area contributed by atoms with Gasteiger partial charge in [0.25, 0.3) is 0 Å². The second kappa shape index (κ2) is 9.17. The lowest BCUT2D eigenvalue weighted by atomic mass is 10.1. The van der Waals surface area contributed by atoms with Crippen LogP contribution in [0.3, 0.4) is 0 Å². The molecule has 0 bridgehead atoms. The Hall–Kier alpha value is -2.15. The normalized spacial score (nSPS) is 16.5. The van der Waals surface area contributed by atoms with Crippen LogP contribution in [0, 0.1) is 6.92 Å². The number of halogens is 2. The van der Waals surface area contributed by atoms with Crippen LogP contribution in [0.4, 0.5) is 0 Å². The van der Waals surface area contributed by atoms with E-state index in [0.29, 0.717) is 13.1 Å². The molecule has 1 aliphatic heterocycles. The Bertz CT molecular complexity index is 900. The van der Waals surface area contributed by atoms with Crippen molar-refractivity contribution >= 4 is 41.8 Å². The number of hydrogen-bond acceptors (Lipinski definition) is 4. The monoisotopic (exact) mass is 407 g/mol. The molecule has 0 aliphatic carbocycles. The molecule has 1 aliphatic rings. The number of rotatable bonds is 3. The average Bonchev–Trinajstić information content (AvgIpc) is 2.98. The lowest BCUT2D eigenvalue weighted by Crippen LogP contribution is -2.49. The van der Waals surface area contributed by atoms with Crippen LogP contribution in [0.1, 0.15) is 17.4 Å². The standard InChI is InChI=1S/C19H21N5O.2ClH/c1-14-22-16-6-2-3-7-17(16)24(14)13-19(25)23-10-9-21-12-18(23)15-5-4-8-20-11-15;;/h2-8,11,18,21H,9-10,12-13H2,1H3;2*1H. The predicted molar refractivity (Wildman–Crippen MR) is 111 cm³/mol. The Morgan fingerprint density at radius 2 is 2.04 bits per heavy atom. The van der Waals surface area contributed by atoms with Crippen molar-refractivity contribution in [3.05, 3.63) is 60.2 Å². The van der Waals surface area contributed by atoms with Gasteiger partial charge in [-0.1, -0.05) is 18.2 Å². The molecule has 144 valence electrons. The number of imidazole rings is 1. The van der Waals surface area contributed by atoms with E-state index >= 15 is 0 Å². The maximum Gasteiger partial charge on any atom is 0.243 e. The Morgan fingerprint density at radius 1 is 1.22 bits per heavy atom. The van der Waals surface area contributed by atoms with Gasteiger partial charge in [-0.3, -0.25) is 9.78 Å². The number of carbonyl (C=O) groups is 1. The average molecular weight is 408 g/mol. The number of aryl methyl sites for hydroxylation is 1. The number of nitrogens with one attached hydrogen (secondary N) is 1. The van der Waals surface area contributed by atoms with Crippen molar-refractivity contribution in [1.82, 2.24) is 24.8 Å². The number of pyridine rings is 1. The van der Waals surface area contributed by atoms with Gasteiger partial charge >= 0.3 is 0 Å². The van der Waals surface area contributed by atoms with Crippen LogP contribution in [0.15, 0.2) is 48.8 Å². The van der Waals surface area contributed by atoms with Crippen molar-refractivity contribution in [1.29, 1.82) is 0 Å². The van der Waals surface area contributed by atoms with Gasteiger partial charge in [-0.25, -0.2) is 4.98 Å². The molecule has 6 nitrogen and oxygen atoms in total. The van der Waals surface area contributed by atoms with Crippen molar-refractivity contribution in [3.8, 4) is 0 Å². The lowest BCUT2D eigenvalue weighted by molar-refractivity contribution is -0.135. The number of amides is 1. The minimum atomic E-state index is 0. The third kappa shape index (κ3) is 4.24. The Morgan fingerprint density at radius 3 is 2.81 bits per heavy atom. The summed E-state index contributed by atoms with van der Waals surface area (Å²) in [5.41, 5.74) is 2.99. The molecule has 0 radical (unpaired) electrons. The van der Waals surface area contributed by atoms with Crippen molar-refractivity contribution in [2.24, 2.45) is 0 Å². The number of carbonyl (C=O) groups excluding carboxylic acids is 1. The molecule has 1 saturated heterocycles. The Labute approximate surface area is 170 Å². The van der Waals surface area contributed by atoms with Gasteiger partial charge in [0.15, 0.2) is 0 Å². The molecule has 1 aromatic carbocycles. The zero-order chi connectivity index (χ0) is 17.2. The van der Waals surface area contributed by atoms with Crippen molar-refractivity contribution in [3.63, 3.8) is 0 Å². The Balaban J connectivity index is 0.00000131. The molecule has 1 unspecified atom stereocenters. The van der Waals surface area contributed by atoms with Gasteiger partial charge in [0.1, 0.15) is 12.4 Å². The molecule has 1 amide bonds. The first-order valence-electron chi connectivity index (χ1n) is 8.56. The zero-order valence-corrected chi connectivity index (χ0v) is 16.7. The molecular weight excluding hydrogens is 385 g/mol. The van der Waals surface area contributed by atoms with Crippen LogP contribution < -0.4 is 5.32 Å². The highest BCUT2D eigenvalue weighted by atomic mass is 35.5. The summed E-state index contributed by atoms with van der Waals surface area (Å²) >= 11 is 0. The molecule has 0 spiro atoms. The minimum Gasteiger partial charge on any atom is -0.331 e. The zero-order valence-electron chi connectivity index (χ0n) is 15.0. The van der Waals surface area contributed by atoms with Crippen LogP contribution in [0.25, 0.3) is 11.0 Å². The topological polar surface area (TPSA) is 63.1 Å². The number of benzene rings is 1. The highest BCUT2D eigenvalue weighted by Crippen LogP contribution is 2.23. The summed E-state index contributed by atoms with van der Waals surface area (Å²) in [6.07, 6.45) is 3.60. The summed E-state index contributed by atoms with van der Waals surface area (Å²) in [4.78, 5) is 23.8. The summed E-state index contributed by atoms with van der Waals surface area (Å²) in [7, 11) is 0. The molecule has 1 fully saturated rings. The molecule has 8 heteroatoms. The van der Waals surface area contributed by atoms with E-state index in [1.807, 2.05) is 59.0 Å². The summed E-state index contributed by atoms with van der Waals surface area (Å²) in [6.45, 7) is 4.52. The van der Waals surface area contributed by atoms with Gasteiger partial charge in [-0.05, 0) is 30.7 Å². The first-order valence-corrected chi connectivity index (χ1v) is 8.56. The fourth-order valence-corrected chi connectivity index (χ4v) is 3.50. The van der Waals surface area contributed by atoms with E-state index in [2.05, 4.69) is 15.3 Å². The van der Waals surface area contributed by atoms with E-state index < -0.39 is 0 Å². The molecule has 3 heterocycles. The van der Waals surface area contributed by atoms with Crippen LogP contribution in [0.5, 0.6) is 0 Å². The van der Waals surface area contributed by atoms with Gasteiger partial charge in [0, 0.05) is 32.0 Å². The minimum absolute atomic E-state index is 0. The highest BCUT2D eigenvalue weighted by Gasteiger charge is 2.28. The molecule has 0 saturated carbocycles. The Kier molecular flexibility index (Phi) is 7.18. The SMILES string of the molecule is Cc1nc2ccccc2n1CC(=O)N1CCNCC1c1cccnc1.Cl.Cl. The lowest BCUT2D eigenvalue weighted by Gasteiger charge is -2.36. The van der Waals surface area contributed by atoms with Gasteiger partial charge in [0.05, 0.1) is 17.1 Å². The summed E-state index contributed by atoms with van der Waals surface area (Å²) in [6, 6.07) is 11.9. The molecular formula is C19H23Cl2N5O. The smallest absolute Gasteiger partial charge is 0.243 e. The maximum atomic E-state index is 13.1. The van der Waals surface area contributed by atoms with Crippen molar-refractivity contribution in [2.45, 2.75) is 19.5 Å². The summed E-state index contributed by atoms with van der Waals surface area (Å²) in [5.74, 6) is 0.976. The molecule has 1 atom stereocenters. The van der Waals surface area contributed by atoms with Crippen LogP contribution in [-0.4, -0.2) is 45.0 Å². The van der Waals surface area contributed by atoms with E-state index in [1.54, 1.807) is 6.20 Å². The van der Waals surface area contributed by atoms with E-state index in [1.165, 1.54) is 0 Å². The predicted octanol–water partition coefficient (Wildman–Crippen LogP) is 2.76. The molecule has 1 N–H and O–H groups in total. The van der Waals surface area contributed by atoms with Crippen LogP contribution in [0.2, 0.25) is 0 Å². The molecule has 4 rings (SSSR count). The highest BCUT2D eigenvalue weighted by molar-refractivity contribution is 5.85. The first kappa shape index (κ1) is 21.2. The number of para-hydroxylation sites is 2. The van der Waals surface area contributed by atoms with Gasteiger partial charge in [-0.15, -0.1) is 24.8 Å². The van der Waals surface area contributed by atoms with Crippen LogP contribution >= 0.6 is 24.8 Å². The van der Waals surface area contributed by atoms with Crippen molar-refractivity contribution in [2.75, 3.05) is 19.6 Å². The molecule has 27 heavy (non-hydrogen) atoms. The number of nitrogens with zero attached hydrogens (tertiary/aromatic N) is 4. The van der Waals surface area contributed by atoms with E-state index in [0.717, 1.165) is 35.5 Å². The quantitative estimate of drug-likeness (QED) is 0.724. The summed E-state index contributed by atoms with van der Waals surface area (Å²) in [5, 5.41) is 3.38. The van der Waals surface area contributed by atoms with Gasteiger partial charge < -0.3 is 14.8 Å². The maximum absolute atomic E-state index is 13.1. The first-order chi connectivity index (χ1) is 12.2. The van der Waals surface area contributed by atoms with Gasteiger partial charge in [-0.2, -0.15) is 0 Å². The third-order valence-electron chi connectivity index (χ3n) is 4.77. The third-order valence-corrected chi connectivity index (χ3v) is 4.77. The second-order valence-corrected chi connectivity index (χ2v) is 6.33. The van der Waals surface area contributed by atoms with Gasteiger partial charge in [0.2, 0.25) is 5.91 Å². The number of hydrogen-bond donors (Lipinski definition) is 1. The largest absolute Gasteiger partial charge is 0.331 e. The van der Waals surface area contributed by atoms with Crippen LogP contribution in [-0.2, 0) is 11.3 Å². The number of aromatic nitrogens is 3. The van der Waals surface area contributed by atoms with Crippen molar-refractivity contribution < 1.29 is 4.79 Å². The molecule has 3 aromatic rings. The number of fused-ring (bicyclic) bond motifs is 1. The number of piperazine rings is 1. The summed E-state index contributed by atoms with van der Waals surface area (Å²) < 4.78 is 2.00.